The van der Waals surface area contributed by atoms with Crippen molar-refractivity contribution in [1.82, 2.24) is 14.8 Å². The summed E-state index contributed by atoms with van der Waals surface area (Å²) < 4.78 is 7.94. The standard InChI is InChI=1S/C11H21N3OS/c1-8(2)6-14-10(12-13-11(14)16)5-9(3)7-15-4/h8-9H,5-7H2,1-4H3,(H,13,16). The van der Waals surface area contributed by atoms with E-state index in [1.54, 1.807) is 7.11 Å². The molecule has 4 nitrogen and oxygen atoms in total. The predicted molar refractivity (Wildman–Crippen MR) is 67.0 cm³/mol. The highest BCUT2D eigenvalue weighted by Crippen LogP contribution is 2.09. The van der Waals surface area contributed by atoms with Gasteiger partial charge in [-0.25, -0.2) is 0 Å². The first-order valence-electron chi connectivity index (χ1n) is 5.67. The summed E-state index contributed by atoms with van der Waals surface area (Å²) in [6.45, 7) is 8.18. The molecular formula is C11H21N3OS. The minimum Gasteiger partial charge on any atom is -0.384 e. The van der Waals surface area contributed by atoms with E-state index in [9.17, 15) is 0 Å². The number of ether oxygens (including phenoxy) is 1. The van der Waals surface area contributed by atoms with Gasteiger partial charge in [0.1, 0.15) is 5.82 Å². The highest BCUT2D eigenvalue weighted by atomic mass is 32.1. The van der Waals surface area contributed by atoms with E-state index in [4.69, 9.17) is 17.0 Å². The molecule has 0 bridgehead atoms. The van der Waals surface area contributed by atoms with Crippen LogP contribution >= 0.6 is 12.2 Å². The number of aromatic nitrogens is 3. The zero-order valence-corrected chi connectivity index (χ0v) is 11.3. The fourth-order valence-corrected chi connectivity index (χ4v) is 1.94. The molecule has 1 atom stereocenters. The molecule has 1 heterocycles. The van der Waals surface area contributed by atoms with Crippen LogP contribution in [-0.2, 0) is 17.7 Å². The molecule has 0 saturated carbocycles. The smallest absolute Gasteiger partial charge is 0.195 e. The van der Waals surface area contributed by atoms with Gasteiger partial charge in [-0.05, 0) is 24.1 Å². The molecule has 0 spiro atoms. The number of H-pyrrole nitrogens is 1. The first kappa shape index (κ1) is 13.4. The number of nitrogens with one attached hydrogen (secondary N) is 1. The Bertz CT molecular complexity index is 370. The van der Waals surface area contributed by atoms with Crippen molar-refractivity contribution in [2.24, 2.45) is 11.8 Å². The molecule has 1 rings (SSSR count). The Labute approximate surface area is 102 Å². The number of hydrogen-bond donors (Lipinski definition) is 1. The number of methoxy groups -OCH3 is 1. The van der Waals surface area contributed by atoms with E-state index >= 15 is 0 Å². The van der Waals surface area contributed by atoms with Crippen LogP contribution in [0.15, 0.2) is 0 Å². The van der Waals surface area contributed by atoms with Gasteiger partial charge in [-0.2, -0.15) is 5.10 Å². The number of aromatic amines is 1. The van der Waals surface area contributed by atoms with E-state index in [2.05, 4.69) is 35.5 Å². The second-order valence-corrected chi connectivity index (χ2v) is 5.10. The lowest BCUT2D eigenvalue weighted by molar-refractivity contribution is 0.158. The fraction of sp³-hybridized carbons (Fsp3) is 0.818. The van der Waals surface area contributed by atoms with E-state index in [-0.39, 0.29) is 0 Å². The molecule has 0 saturated heterocycles. The average molecular weight is 243 g/mol. The Balaban J connectivity index is 2.76. The van der Waals surface area contributed by atoms with Crippen LogP contribution in [0.2, 0.25) is 0 Å². The summed E-state index contributed by atoms with van der Waals surface area (Å²) in [5.74, 6) is 2.06. The van der Waals surface area contributed by atoms with Crippen LogP contribution in [0.4, 0.5) is 0 Å². The van der Waals surface area contributed by atoms with Crippen LogP contribution < -0.4 is 0 Å². The van der Waals surface area contributed by atoms with Gasteiger partial charge < -0.3 is 9.30 Å². The molecule has 5 heteroatoms. The molecule has 0 radical (unpaired) electrons. The SMILES string of the molecule is COCC(C)Cc1n[nH]c(=S)n1CC(C)C. The second-order valence-electron chi connectivity index (χ2n) is 4.71. The quantitative estimate of drug-likeness (QED) is 0.780. The molecule has 0 amide bonds. The summed E-state index contributed by atoms with van der Waals surface area (Å²) in [4.78, 5) is 0. The van der Waals surface area contributed by atoms with E-state index in [1.807, 2.05) is 0 Å². The van der Waals surface area contributed by atoms with E-state index in [1.165, 1.54) is 0 Å². The zero-order valence-electron chi connectivity index (χ0n) is 10.5. The third kappa shape index (κ3) is 3.72. The maximum absolute atomic E-state index is 5.22. The highest BCUT2D eigenvalue weighted by Gasteiger charge is 2.11. The van der Waals surface area contributed by atoms with Gasteiger partial charge in [0, 0.05) is 26.7 Å². The van der Waals surface area contributed by atoms with Gasteiger partial charge in [-0.15, -0.1) is 0 Å². The van der Waals surface area contributed by atoms with Crippen LogP contribution in [0.25, 0.3) is 0 Å². The van der Waals surface area contributed by atoms with Gasteiger partial charge in [-0.3, -0.25) is 5.10 Å². The summed E-state index contributed by atoms with van der Waals surface area (Å²) in [7, 11) is 1.72. The van der Waals surface area contributed by atoms with E-state index in [0.29, 0.717) is 16.6 Å². The molecule has 0 aliphatic rings. The van der Waals surface area contributed by atoms with Crippen LogP contribution in [0, 0.1) is 16.6 Å². The predicted octanol–water partition coefficient (Wildman–Crippen LogP) is 2.42. The highest BCUT2D eigenvalue weighted by molar-refractivity contribution is 7.71. The van der Waals surface area contributed by atoms with Gasteiger partial charge in [0.15, 0.2) is 4.77 Å². The van der Waals surface area contributed by atoms with Crippen molar-refractivity contribution >= 4 is 12.2 Å². The van der Waals surface area contributed by atoms with Gasteiger partial charge >= 0.3 is 0 Å². The lowest BCUT2D eigenvalue weighted by Gasteiger charge is -2.12. The monoisotopic (exact) mass is 243 g/mol. The number of hydrogen-bond acceptors (Lipinski definition) is 3. The summed E-state index contributed by atoms with van der Waals surface area (Å²) in [5, 5.41) is 7.15. The topological polar surface area (TPSA) is 42.8 Å². The molecule has 0 aromatic carbocycles. The zero-order chi connectivity index (χ0) is 12.1. The van der Waals surface area contributed by atoms with Gasteiger partial charge in [-0.1, -0.05) is 20.8 Å². The molecule has 1 aromatic rings. The lowest BCUT2D eigenvalue weighted by Crippen LogP contribution is -2.14. The molecule has 1 unspecified atom stereocenters. The fourth-order valence-electron chi connectivity index (χ4n) is 1.71. The van der Waals surface area contributed by atoms with Crippen molar-refractivity contribution in [1.29, 1.82) is 0 Å². The normalized spacial score (nSPS) is 13.3. The second kappa shape index (κ2) is 6.15. The van der Waals surface area contributed by atoms with Gasteiger partial charge in [0.2, 0.25) is 0 Å². The third-order valence-electron chi connectivity index (χ3n) is 2.37. The molecular weight excluding hydrogens is 222 g/mol. The van der Waals surface area contributed by atoms with Crippen molar-refractivity contribution in [3.05, 3.63) is 10.6 Å². The van der Waals surface area contributed by atoms with Crippen LogP contribution in [0.5, 0.6) is 0 Å². The van der Waals surface area contributed by atoms with Crippen molar-refractivity contribution in [3.63, 3.8) is 0 Å². The first-order valence-corrected chi connectivity index (χ1v) is 6.08. The molecule has 0 fully saturated rings. The van der Waals surface area contributed by atoms with E-state index < -0.39 is 0 Å². The van der Waals surface area contributed by atoms with E-state index in [0.717, 1.165) is 25.4 Å². The Morgan fingerprint density at radius 1 is 1.44 bits per heavy atom. The third-order valence-corrected chi connectivity index (χ3v) is 2.68. The Hall–Kier alpha value is -0.680. The van der Waals surface area contributed by atoms with Crippen molar-refractivity contribution in [3.8, 4) is 0 Å². The molecule has 16 heavy (non-hydrogen) atoms. The first-order chi connectivity index (χ1) is 7.54. The number of nitrogens with zero attached hydrogens (tertiary/aromatic N) is 2. The molecule has 0 aliphatic carbocycles. The minimum absolute atomic E-state index is 0.459. The Morgan fingerprint density at radius 2 is 2.12 bits per heavy atom. The van der Waals surface area contributed by atoms with Crippen molar-refractivity contribution in [2.45, 2.75) is 33.7 Å². The maximum atomic E-state index is 5.22. The Morgan fingerprint density at radius 3 is 2.69 bits per heavy atom. The molecule has 92 valence electrons. The largest absolute Gasteiger partial charge is 0.384 e. The average Bonchev–Trinajstić information content (AvgIpc) is 2.49. The lowest BCUT2D eigenvalue weighted by atomic mass is 10.1. The van der Waals surface area contributed by atoms with Gasteiger partial charge in [0.25, 0.3) is 0 Å². The minimum atomic E-state index is 0.459. The summed E-state index contributed by atoms with van der Waals surface area (Å²) >= 11 is 5.22. The van der Waals surface area contributed by atoms with Crippen LogP contribution in [0.3, 0.4) is 0 Å². The number of rotatable bonds is 6. The van der Waals surface area contributed by atoms with Gasteiger partial charge in [0.05, 0.1) is 0 Å². The molecule has 1 aromatic heterocycles. The van der Waals surface area contributed by atoms with Crippen LogP contribution in [0.1, 0.15) is 26.6 Å². The molecule has 1 N–H and O–H groups in total. The van der Waals surface area contributed by atoms with Crippen molar-refractivity contribution in [2.75, 3.05) is 13.7 Å². The Kier molecular flexibility index (Phi) is 5.15. The van der Waals surface area contributed by atoms with Crippen molar-refractivity contribution < 1.29 is 4.74 Å². The maximum Gasteiger partial charge on any atom is 0.195 e. The summed E-state index contributed by atoms with van der Waals surface area (Å²) in [5.41, 5.74) is 0. The van der Waals surface area contributed by atoms with Crippen LogP contribution in [-0.4, -0.2) is 28.5 Å². The summed E-state index contributed by atoms with van der Waals surface area (Å²) in [6, 6.07) is 0. The summed E-state index contributed by atoms with van der Waals surface area (Å²) in [6.07, 6.45) is 0.897. The molecule has 0 aliphatic heterocycles.